The van der Waals surface area contributed by atoms with Crippen LogP contribution >= 0.6 is 0 Å². The lowest BCUT2D eigenvalue weighted by Gasteiger charge is -2.49. The van der Waals surface area contributed by atoms with Gasteiger partial charge in [0.15, 0.2) is 5.65 Å². The van der Waals surface area contributed by atoms with Gasteiger partial charge >= 0.3 is 0 Å². The molecular weight excluding hydrogens is 255 g/mol. The van der Waals surface area contributed by atoms with Crippen LogP contribution < -0.4 is 5.32 Å². The van der Waals surface area contributed by atoms with Crippen LogP contribution in [0.15, 0.2) is 24.5 Å². The number of nitrogens with zero attached hydrogens (tertiary/aromatic N) is 3. The average Bonchev–Trinajstić information content (AvgIpc) is 2.76. The van der Waals surface area contributed by atoms with Crippen LogP contribution in [0.3, 0.4) is 0 Å². The molecule has 4 nitrogen and oxygen atoms in total. The van der Waals surface area contributed by atoms with Crippen molar-refractivity contribution in [1.82, 2.24) is 20.1 Å². The third-order valence-corrected chi connectivity index (χ3v) is 4.16. The standard InChI is InChI=1S/C15H21FN4/c1-14(2)9-11(12(16)15(3,4)19-14)20-8-6-10-5-7-17-18-13(10)20/h5-8,11-12,19H,9H2,1-4H3/t11-,12+/m0/s1. The van der Waals surface area contributed by atoms with E-state index in [-0.39, 0.29) is 11.6 Å². The fourth-order valence-electron chi connectivity index (χ4n) is 3.50. The van der Waals surface area contributed by atoms with Crippen LogP contribution in [-0.2, 0) is 0 Å². The maximum Gasteiger partial charge on any atom is 0.162 e. The molecule has 0 aliphatic carbocycles. The second-order valence-corrected chi connectivity index (χ2v) is 6.94. The summed E-state index contributed by atoms with van der Waals surface area (Å²) in [7, 11) is 0. The van der Waals surface area contributed by atoms with Crippen LogP contribution in [0, 0.1) is 0 Å². The van der Waals surface area contributed by atoms with Crippen LogP contribution in [0.25, 0.3) is 11.0 Å². The van der Waals surface area contributed by atoms with Crippen molar-refractivity contribution in [3.63, 3.8) is 0 Å². The highest BCUT2D eigenvalue weighted by Crippen LogP contribution is 2.39. The van der Waals surface area contributed by atoms with Gasteiger partial charge in [0, 0.05) is 22.7 Å². The van der Waals surface area contributed by atoms with Gasteiger partial charge < -0.3 is 9.88 Å². The van der Waals surface area contributed by atoms with E-state index in [1.807, 2.05) is 36.7 Å². The third kappa shape index (κ3) is 2.10. The van der Waals surface area contributed by atoms with E-state index in [9.17, 15) is 4.39 Å². The molecule has 0 spiro atoms. The molecule has 2 aromatic rings. The SMILES string of the molecule is CC1(C)C[C@H](n2ccc3ccnnc32)[C@@H](F)C(C)(C)N1. The summed E-state index contributed by atoms with van der Waals surface area (Å²) in [5.41, 5.74) is 0.0782. The van der Waals surface area contributed by atoms with Crippen molar-refractivity contribution >= 4 is 11.0 Å². The summed E-state index contributed by atoms with van der Waals surface area (Å²) in [5.74, 6) is 0. The number of fused-ring (bicyclic) bond motifs is 1. The van der Waals surface area contributed by atoms with Gasteiger partial charge in [-0.2, -0.15) is 5.10 Å². The van der Waals surface area contributed by atoms with E-state index in [0.29, 0.717) is 0 Å². The summed E-state index contributed by atoms with van der Waals surface area (Å²) in [6.07, 6.45) is 3.33. The first-order valence-corrected chi connectivity index (χ1v) is 7.02. The van der Waals surface area contributed by atoms with Gasteiger partial charge in [-0.25, -0.2) is 4.39 Å². The molecule has 1 fully saturated rings. The number of alkyl halides is 1. The molecule has 108 valence electrons. The first kappa shape index (κ1) is 13.5. The molecule has 1 aliphatic rings. The van der Waals surface area contributed by atoms with Gasteiger partial charge in [0.25, 0.3) is 0 Å². The summed E-state index contributed by atoms with van der Waals surface area (Å²) in [6.45, 7) is 8.07. The maximum atomic E-state index is 14.9. The minimum atomic E-state index is -0.979. The highest BCUT2D eigenvalue weighted by Gasteiger charge is 2.47. The Balaban J connectivity index is 2.08. The van der Waals surface area contributed by atoms with E-state index in [4.69, 9.17) is 0 Å². The lowest BCUT2D eigenvalue weighted by Crippen LogP contribution is -2.64. The van der Waals surface area contributed by atoms with E-state index >= 15 is 0 Å². The molecule has 0 saturated carbocycles. The monoisotopic (exact) mass is 276 g/mol. The number of rotatable bonds is 1. The number of hydrogen-bond donors (Lipinski definition) is 1. The Hall–Kier alpha value is -1.49. The normalized spacial score (nSPS) is 28.6. The Bertz CT molecular complexity index is 632. The van der Waals surface area contributed by atoms with E-state index in [0.717, 1.165) is 17.5 Å². The third-order valence-electron chi connectivity index (χ3n) is 4.16. The molecule has 0 amide bonds. The van der Waals surface area contributed by atoms with Crippen LogP contribution in [0.2, 0.25) is 0 Å². The molecule has 1 N–H and O–H groups in total. The highest BCUT2D eigenvalue weighted by atomic mass is 19.1. The van der Waals surface area contributed by atoms with Crippen LogP contribution in [0.1, 0.15) is 40.2 Å². The van der Waals surface area contributed by atoms with E-state index in [2.05, 4.69) is 29.4 Å². The summed E-state index contributed by atoms with van der Waals surface area (Å²) in [4.78, 5) is 0. The average molecular weight is 276 g/mol. The molecule has 3 rings (SSSR count). The second kappa shape index (κ2) is 4.25. The van der Waals surface area contributed by atoms with E-state index < -0.39 is 11.7 Å². The smallest absolute Gasteiger partial charge is 0.162 e. The Labute approximate surface area is 118 Å². The van der Waals surface area contributed by atoms with Gasteiger partial charge in [-0.15, -0.1) is 5.10 Å². The van der Waals surface area contributed by atoms with E-state index in [1.165, 1.54) is 0 Å². The zero-order valence-electron chi connectivity index (χ0n) is 12.4. The van der Waals surface area contributed by atoms with Crippen molar-refractivity contribution in [2.24, 2.45) is 0 Å². The van der Waals surface area contributed by atoms with E-state index in [1.54, 1.807) is 6.20 Å². The Morgan fingerprint density at radius 2 is 2.05 bits per heavy atom. The zero-order chi connectivity index (χ0) is 14.5. The predicted molar refractivity (Wildman–Crippen MR) is 77.4 cm³/mol. The Morgan fingerprint density at radius 1 is 1.30 bits per heavy atom. The first-order valence-electron chi connectivity index (χ1n) is 7.02. The summed E-state index contributed by atoms with van der Waals surface area (Å²) >= 11 is 0. The topological polar surface area (TPSA) is 42.7 Å². The lowest BCUT2D eigenvalue weighted by atomic mass is 9.78. The number of nitrogens with one attached hydrogen (secondary N) is 1. The maximum absolute atomic E-state index is 14.9. The molecule has 20 heavy (non-hydrogen) atoms. The summed E-state index contributed by atoms with van der Waals surface area (Å²) in [5, 5.41) is 12.5. The number of piperidine rings is 1. The number of halogens is 1. The zero-order valence-corrected chi connectivity index (χ0v) is 12.4. The van der Waals surface area contributed by atoms with Crippen LogP contribution in [0.5, 0.6) is 0 Å². The van der Waals surface area contributed by atoms with Crippen molar-refractivity contribution in [2.45, 2.75) is 57.4 Å². The van der Waals surface area contributed by atoms with Crippen LogP contribution in [-0.4, -0.2) is 32.0 Å². The molecule has 2 atom stereocenters. The van der Waals surface area contributed by atoms with Crippen molar-refractivity contribution in [2.75, 3.05) is 0 Å². The van der Waals surface area contributed by atoms with Gasteiger partial charge in [-0.3, -0.25) is 0 Å². The minimum Gasteiger partial charge on any atom is -0.325 e. The quantitative estimate of drug-likeness (QED) is 0.871. The highest BCUT2D eigenvalue weighted by molar-refractivity contribution is 5.75. The summed E-state index contributed by atoms with van der Waals surface area (Å²) in [6, 6.07) is 3.65. The molecule has 2 aromatic heterocycles. The molecule has 5 heteroatoms. The molecule has 1 saturated heterocycles. The van der Waals surface area contributed by atoms with Gasteiger partial charge in [0.2, 0.25) is 0 Å². The second-order valence-electron chi connectivity index (χ2n) is 6.94. The van der Waals surface area contributed by atoms with Crippen molar-refractivity contribution < 1.29 is 4.39 Å². The molecule has 0 aromatic carbocycles. The molecule has 0 bridgehead atoms. The van der Waals surface area contributed by atoms with Gasteiger partial charge in [0.05, 0.1) is 12.2 Å². The Kier molecular flexibility index (Phi) is 2.87. The molecule has 0 unspecified atom stereocenters. The predicted octanol–water partition coefficient (Wildman–Crippen LogP) is 2.86. The summed E-state index contributed by atoms with van der Waals surface area (Å²) < 4.78 is 16.9. The number of hydrogen-bond acceptors (Lipinski definition) is 3. The molecule has 3 heterocycles. The minimum absolute atomic E-state index is 0.116. The molecule has 1 aliphatic heterocycles. The van der Waals surface area contributed by atoms with Crippen molar-refractivity contribution in [3.05, 3.63) is 24.5 Å². The van der Waals surface area contributed by atoms with Gasteiger partial charge in [0.1, 0.15) is 6.17 Å². The van der Waals surface area contributed by atoms with Crippen molar-refractivity contribution in [3.8, 4) is 0 Å². The van der Waals surface area contributed by atoms with Crippen molar-refractivity contribution in [1.29, 1.82) is 0 Å². The lowest BCUT2D eigenvalue weighted by molar-refractivity contribution is 0.0313. The molecular formula is C15H21FN4. The largest absolute Gasteiger partial charge is 0.325 e. The number of aromatic nitrogens is 3. The van der Waals surface area contributed by atoms with Gasteiger partial charge in [-0.05, 0) is 46.2 Å². The van der Waals surface area contributed by atoms with Crippen LogP contribution in [0.4, 0.5) is 4.39 Å². The first-order chi connectivity index (χ1) is 9.30. The fraction of sp³-hybridized carbons (Fsp3) is 0.600. The molecule has 0 radical (unpaired) electrons. The fourth-order valence-corrected chi connectivity index (χ4v) is 3.50. The van der Waals surface area contributed by atoms with Gasteiger partial charge in [-0.1, -0.05) is 0 Å². The Morgan fingerprint density at radius 3 is 2.80 bits per heavy atom.